The van der Waals surface area contributed by atoms with Gasteiger partial charge in [-0.1, -0.05) is 0 Å². The summed E-state index contributed by atoms with van der Waals surface area (Å²) in [5.41, 5.74) is 6.23. The van der Waals surface area contributed by atoms with E-state index in [1.54, 1.807) is 0 Å². The van der Waals surface area contributed by atoms with Gasteiger partial charge in [-0.15, -0.1) is 0 Å². The highest BCUT2D eigenvalue weighted by Crippen LogP contribution is 1.89. The van der Waals surface area contributed by atoms with Gasteiger partial charge >= 0.3 is 0 Å². The second kappa shape index (κ2) is 5.70. The van der Waals surface area contributed by atoms with Gasteiger partial charge in [-0.25, -0.2) is 4.57 Å². The van der Waals surface area contributed by atoms with Crippen LogP contribution < -0.4 is 27.3 Å². The second-order valence-corrected chi connectivity index (χ2v) is 2.83. The third kappa shape index (κ3) is 4.62. The summed E-state index contributed by atoms with van der Waals surface area (Å²) < 4.78 is 1.94. The van der Waals surface area contributed by atoms with Gasteiger partial charge in [0, 0.05) is 12.1 Å². The van der Waals surface area contributed by atoms with Crippen LogP contribution in [-0.4, -0.2) is 5.91 Å². The quantitative estimate of drug-likeness (QED) is 0.573. The predicted molar refractivity (Wildman–Crippen MR) is 45.2 cm³/mol. The Labute approximate surface area is 88.3 Å². The van der Waals surface area contributed by atoms with Crippen molar-refractivity contribution in [3.63, 3.8) is 0 Å². The van der Waals surface area contributed by atoms with Crippen molar-refractivity contribution in [2.75, 3.05) is 0 Å². The zero-order valence-electron chi connectivity index (χ0n) is 7.53. The highest BCUT2D eigenvalue weighted by molar-refractivity contribution is 5.73. The molecule has 0 aromatic carbocycles. The van der Waals surface area contributed by atoms with Gasteiger partial charge in [-0.2, -0.15) is 0 Å². The highest BCUT2D eigenvalue weighted by atomic mass is 79.9. The third-order valence-corrected chi connectivity index (χ3v) is 1.67. The van der Waals surface area contributed by atoms with Gasteiger partial charge < -0.3 is 22.7 Å². The largest absolute Gasteiger partial charge is 1.00 e. The zero-order chi connectivity index (χ0) is 8.97. The fraction of sp³-hybridized carbons (Fsp3) is 0.333. The van der Waals surface area contributed by atoms with E-state index in [1.807, 2.05) is 36.0 Å². The topological polar surface area (TPSA) is 47.0 Å². The van der Waals surface area contributed by atoms with E-state index in [0.717, 1.165) is 0 Å². The average Bonchev–Trinajstić information content (AvgIpc) is 2.03. The fourth-order valence-corrected chi connectivity index (χ4v) is 0.920. The Kier molecular flexibility index (Phi) is 5.30. The molecule has 0 fully saturated rings. The number of nitrogens with zero attached hydrogens (tertiary/aromatic N) is 1. The first kappa shape index (κ1) is 12.1. The van der Waals surface area contributed by atoms with Gasteiger partial charge in [0.25, 0.3) is 0 Å². The minimum atomic E-state index is -0.261. The molecule has 0 saturated heterocycles. The van der Waals surface area contributed by atoms with E-state index in [2.05, 4.69) is 0 Å². The van der Waals surface area contributed by atoms with Crippen molar-refractivity contribution in [3.8, 4) is 0 Å². The smallest absolute Gasteiger partial charge is 0.223 e. The molecule has 2 N–H and O–H groups in total. The number of carbonyl (C=O) groups excluding carboxylic acids is 1. The van der Waals surface area contributed by atoms with Crippen LogP contribution in [0.25, 0.3) is 0 Å². The summed E-state index contributed by atoms with van der Waals surface area (Å²) in [4.78, 5) is 10.4. The molecular formula is C9H13BrN2O. The Balaban J connectivity index is 0.00000144. The first-order valence-electron chi connectivity index (χ1n) is 3.92. The van der Waals surface area contributed by atoms with Gasteiger partial charge in [-0.3, -0.25) is 4.79 Å². The van der Waals surface area contributed by atoms with Gasteiger partial charge in [0.05, 0.1) is 6.42 Å². The van der Waals surface area contributed by atoms with Crippen LogP contribution in [0.2, 0.25) is 0 Å². The number of primary amides is 1. The molecule has 0 bridgehead atoms. The first-order chi connectivity index (χ1) is 5.68. The number of pyridine rings is 1. The molecule has 1 amide bonds. The molecule has 3 nitrogen and oxygen atoms in total. The monoisotopic (exact) mass is 244 g/mol. The molecule has 0 spiro atoms. The molecule has 0 aliphatic heterocycles. The minimum absolute atomic E-state index is 0. The average molecular weight is 245 g/mol. The Morgan fingerprint density at radius 3 is 2.46 bits per heavy atom. The number of aryl methyl sites for hydroxylation is 2. The summed E-state index contributed by atoms with van der Waals surface area (Å²) >= 11 is 0. The maximum absolute atomic E-state index is 10.4. The van der Waals surface area contributed by atoms with Crippen LogP contribution in [-0.2, 0) is 11.3 Å². The third-order valence-electron chi connectivity index (χ3n) is 1.67. The lowest BCUT2D eigenvalue weighted by Crippen LogP contribution is -3.00. The Hall–Kier alpha value is -0.900. The van der Waals surface area contributed by atoms with Crippen LogP contribution in [0.1, 0.15) is 12.0 Å². The first-order valence-corrected chi connectivity index (χ1v) is 3.92. The minimum Gasteiger partial charge on any atom is -1.00 e. The number of aromatic nitrogens is 1. The molecule has 0 saturated carbocycles. The second-order valence-electron chi connectivity index (χ2n) is 2.83. The standard InChI is InChI=1S/C9H12N2O.BrH/c1-8-2-5-11(6-3-8)7-4-9(10)12;/h2-3,5-6H,4,7H2,1H3,(H-,10,12);1H. The van der Waals surface area contributed by atoms with E-state index in [4.69, 9.17) is 5.73 Å². The zero-order valence-corrected chi connectivity index (χ0v) is 9.12. The van der Waals surface area contributed by atoms with Gasteiger partial charge in [0.1, 0.15) is 0 Å². The van der Waals surface area contributed by atoms with E-state index in [-0.39, 0.29) is 22.9 Å². The van der Waals surface area contributed by atoms with Crippen molar-refractivity contribution in [1.29, 1.82) is 0 Å². The summed E-state index contributed by atoms with van der Waals surface area (Å²) in [7, 11) is 0. The van der Waals surface area contributed by atoms with E-state index >= 15 is 0 Å². The van der Waals surface area contributed by atoms with Gasteiger partial charge in [-0.05, 0) is 12.5 Å². The van der Waals surface area contributed by atoms with Crippen LogP contribution in [0.15, 0.2) is 24.5 Å². The summed E-state index contributed by atoms with van der Waals surface area (Å²) in [6.45, 7) is 2.69. The van der Waals surface area contributed by atoms with E-state index in [9.17, 15) is 4.79 Å². The molecule has 0 radical (unpaired) electrons. The number of halogens is 1. The van der Waals surface area contributed by atoms with Crippen LogP contribution >= 0.6 is 0 Å². The molecule has 0 atom stereocenters. The lowest BCUT2D eigenvalue weighted by molar-refractivity contribution is -0.695. The lowest BCUT2D eigenvalue weighted by atomic mass is 10.3. The van der Waals surface area contributed by atoms with Crippen molar-refractivity contribution < 1.29 is 26.3 Å². The summed E-state index contributed by atoms with van der Waals surface area (Å²) in [5, 5.41) is 0. The number of rotatable bonds is 3. The van der Waals surface area contributed by atoms with Crippen LogP contribution in [0.4, 0.5) is 0 Å². The lowest BCUT2D eigenvalue weighted by Gasteiger charge is -1.94. The summed E-state index contributed by atoms with van der Waals surface area (Å²) in [5.74, 6) is -0.261. The number of hydrogen-bond acceptors (Lipinski definition) is 1. The molecule has 72 valence electrons. The van der Waals surface area contributed by atoms with E-state index < -0.39 is 0 Å². The normalized spacial score (nSPS) is 9.00. The fourth-order valence-electron chi connectivity index (χ4n) is 0.920. The maximum atomic E-state index is 10.4. The van der Waals surface area contributed by atoms with Crippen LogP contribution in [0.5, 0.6) is 0 Å². The van der Waals surface area contributed by atoms with Crippen molar-refractivity contribution in [2.45, 2.75) is 19.9 Å². The molecule has 0 aliphatic carbocycles. The van der Waals surface area contributed by atoms with Crippen molar-refractivity contribution >= 4 is 5.91 Å². The van der Waals surface area contributed by atoms with Gasteiger partial charge in [0.2, 0.25) is 5.91 Å². The number of nitrogens with two attached hydrogens (primary N) is 1. The predicted octanol–water partition coefficient (Wildman–Crippen LogP) is -2.84. The maximum Gasteiger partial charge on any atom is 0.223 e. The van der Waals surface area contributed by atoms with Crippen LogP contribution in [0, 0.1) is 6.92 Å². The molecule has 4 heteroatoms. The molecule has 0 aliphatic rings. The summed E-state index contributed by atoms with van der Waals surface area (Å²) in [6.07, 6.45) is 4.28. The highest BCUT2D eigenvalue weighted by Gasteiger charge is 2.01. The molecular weight excluding hydrogens is 232 g/mol. The molecule has 13 heavy (non-hydrogen) atoms. The number of hydrogen-bond donors (Lipinski definition) is 1. The van der Waals surface area contributed by atoms with Crippen molar-refractivity contribution in [1.82, 2.24) is 0 Å². The molecule has 1 aromatic rings. The molecule has 0 unspecified atom stereocenters. The molecule has 1 heterocycles. The Morgan fingerprint density at radius 1 is 1.46 bits per heavy atom. The Morgan fingerprint density at radius 2 is 2.00 bits per heavy atom. The van der Waals surface area contributed by atoms with Gasteiger partial charge in [0.15, 0.2) is 18.9 Å². The van der Waals surface area contributed by atoms with Crippen molar-refractivity contribution in [2.24, 2.45) is 5.73 Å². The molecule has 1 rings (SSSR count). The summed E-state index contributed by atoms with van der Waals surface area (Å²) in [6, 6.07) is 4.00. The Bertz CT molecular complexity index is 271. The van der Waals surface area contributed by atoms with Crippen molar-refractivity contribution in [3.05, 3.63) is 30.1 Å². The SMILES string of the molecule is Cc1cc[n+](CCC(N)=O)cc1.[Br-]. The number of amides is 1. The number of carbonyl (C=O) groups is 1. The van der Waals surface area contributed by atoms with E-state index in [1.165, 1.54) is 5.56 Å². The molecule has 1 aromatic heterocycles. The van der Waals surface area contributed by atoms with Crippen LogP contribution in [0.3, 0.4) is 0 Å². The van der Waals surface area contributed by atoms with E-state index in [0.29, 0.717) is 13.0 Å².